The van der Waals surface area contributed by atoms with E-state index in [-0.39, 0.29) is 11.7 Å². The third-order valence-electron chi connectivity index (χ3n) is 6.17. The van der Waals surface area contributed by atoms with Crippen LogP contribution in [0.25, 0.3) is 0 Å². The van der Waals surface area contributed by atoms with Gasteiger partial charge in [0.05, 0.1) is 12.8 Å². The van der Waals surface area contributed by atoms with E-state index >= 15 is 0 Å². The van der Waals surface area contributed by atoms with Crippen LogP contribution in [-0.4, -0.2) is 40.7 Å². The average Bonchev–Trinajstić information content (AvgIpc) is 2.96. The van der Waals surface area contributed by atoms with Crippen molar-refractivity contribution in [1.82, 2.24) is 14.7 Å². The highest BCUT2D eigenvalue weighted by Gasteiger charge is 2.28. The van der Waals surface area contributed by atoms with E-state index in [0.717, 1.165) is 60.6 Å². The number of carbonyl (C=O) groups excluding carboxylic acids is 1. The molecule has 29 heavy (non-hydrogen) atoms. The first-order chi connectivity index (χ1) is 13.7. The fourth-order valence-corrected chi connectivity index (χ4v) is 4.72. The molecule has 1 aliphatic heterocycles. The number of aromatic nitrogens is 2. The molecule has 2 heterocycles. The number of hydrogen-bond acceptors (Lipinski definition) is 4. The van der Waals surface area contributed by atoms with Gasteiger partial charge in [0.25, 0.3) is 0 Å². The predicted octanol–water partition coefficient (Wildman–Crippen LogP) is 4.80. The standard InChI is InChI=1S/C24H35N3O2/c1-15(2)27-19(6)22(18(5)25-27)14-26-10-8-9-20(13-26)23(28)21-11-16(3)24(29-7)17(4)12-21/h11-12,15,20H,8-10,13-14H2,1-7H3/t20-/m0/s1. The van der Waals surface area contributed by atoms with Crippen molar-refractivity contribution in [2.45, 2.75) is 67.0 Å². The monoisotopic (exact) mass is 397 g/mol. The van der Waals surface area contributed by atoms with Gasteiger partial charge in [0.2, 0.25) is 0 Å². The third-order valence-corrected chi connectivity index (χ3v) is 6.17. The lowest BCUT2D eigenvalue weighted by molar-refractivity contribution is 0.0811. The van der Waals surface area contributed by atoms with Crippen LogP contribution in [0, 0.1) is 33.6 Å². The van der Waals surface area contributed by atoms with E-state index in [1.165, 1.54) is 11.3 Å². The predicted molar refractivity (Wildman–Crippen MR) is 117 cm³/mol. The van der Waals surface area contributed by atoms with Crippen LogP contribution in [0.5, 0.6) is 5.75 Å². The lowest BCUT2D eigenvalue weighted by Gasteiger charge is -2.32. The number of ether oxygens (including phenoxy) is 1. The summed E-state index contributed by atoms with van der Waals surface area (Å²) in [6, 6.07) is 4.32. The normalized spacial score (nSPS) is 17.7. The number of piperidine rings is 1. The van der Waals surface area contributed by atoms with Gasteiger partial charge in [-0.15, -0.1) is 0 Å². The number of carbonyl (C=O) groups is 1. The first-order valence-electron chi connectivity index (χ1n) is 10.7. The van der Waals surface area contributed by atoms with Crippen LogP contribution in [0.3, 0.4) is 0 Å². The van der Waals surface area contributed by atoms with Crippen LogP contribution in [0.15, 0.2) is 12.1 Å². The zero-order chi connectivity index (χ0) is 21.3. The van der Waals surface area contributed by atoms with Gasteiger partial charge in [-0.05, 0) is 84.2 Å². The molecule has 1 atom stereocenters. The molecule has 0 spiro atoms. The van der Waals surface area contributed by atoms with E-state index in [9.17, 15) is 4.79 Å². The van der Waals surface area contributed by atoms with Crippen molar-refractivity contribution in [1.29, 1.82) is 0 Å². The topological polar surface area (TPSA) is 47.4 Å². The van der Waals surface area contributed by atoms with E-state index in [2.05, 4.69) is 37.3 Å². The molecule has 5 heteroatoms. The highest BCUT2D eigenvalue weighted by Crippen LogP contribution is 2.29. The Morgan fingerprint density at radius 1 is 1.21 bits per heavy atom. The van der Waals surface area contributed by atoms with E-state index in [1.807, 2.05) is 26.0 Å². The summed E-state index contributed by atoms with van der Waals surface area (Å²) in [6.07, 6.45) is 2.02. The number of benzene rings is 1. The molecule has 0 radical (unpaired) electrons. The summed E-state index contributed by atoms with van der Waals surface area (Å²) in [5.74, 6) is 1.19. The second-order valence-electron chi connectivity index (χ2n) is 8.77. The zero-order valence-electron chi connectivity index (χ0n) is 19.0. The van der Waals surface area contributed by atoms with E-state index in [0.29, 0.717) is 6.04 Å². The number of aryl methyl sites for hydroxylation is 3. The molecule has 1 saturated heterocycles. The van der Waals surface area contributed by atoms with Crippen molar-refractivity contribution in [2.24, 2.45) is 5.92 Å². The van der Waals surface area contributed by atoms with Crippen LogP contribution in [0.2, 0.25) is 0 Å². The van der Waals surface area contributed by atoms with Gasteiger partial charge >= 0.3 is 0 Å². The SMILES string of the molecule is COc1c(C)cc(C(=O)[C@H]2CCCN(Cc3c(C)nn(C(C)C)c3C)C2)cc1C. The van der Waals surface area contributed by atoms with E-state index < -0.39 is 0 Å². The maximum absolute atomic E-state index is 13.2. The highest BCUT2D eigenvalue weighted by atomic mass is 16.5. The van der Waals surface area contributed by atoms with Crippen LogP contribution in [-0.2, 0) is 6.54 Å². The summed E-state index contributed by atoms with van der Waals surface area (Å²) < 4.78 is 7.56. The minimum Gasteiger partial charge on any atom is -0.496 e. The number of rotatable bonds is 6. The lowest BCUT2D eigenvalue weighted by Crippen LogP contribution is -2.38. The second kappa shape index (κ2) is 8.70. The van der Waals surface area contributed by atoms with E-state index in [4.69, 9.17) is 9.84 Å². The summed E-state index contributed by atoms with van der Waals surface area (Å²) in [4.78, 5) is 15.7. The summed E-state index contributed by atoms with van der Waals surface area (Å²) in [6.45, 7) is 15.3. The fraction of sp³-hybridized carbons (Fsp3) is 0.583. The lowest BCUT2D eigenvalue weighted by atomic mass is 9.88. The quantitative estimate of drug-likeness (QED) is 0.657. The maximum Gasteiger partial charge on any atom is 0.167 e. The molecule has 5 nitrogen and oxygen atoms in total. The molecule has 1 aliphatic rings. The molecule has 1 aromatic heterocycles. The van der Waals surface area contributed by atoms with Crippen molar-refractivity contribution < 1.29 is 9.53 Å². The fourth-order valence-electron chi connectivity index (χ4n) is 4.72. The van der Waals surface area contributed by atoms with E-state index in [1.54, 1.807) is 7.11 Å². The Bertz CT molecular complexity index is 875. The maximum atomic E-state index is 13.2. The molecular weight excluding hydrogens is 362 g/mol. The molecule has 0 saturated carbocycles. The van der Waals surface area contributed by atoms with Gasteiger partial charge in [0, 0.05) is 41.9 Å². The van der Waals surface area contributed by atoms with Crippen molar-refractivity contribution in [2.75, 3.05) is 20.2 Å². The molecule has 0 aliphatic carbocycles. The Kier molecular flexibility index (Phi) is 6.47. The van der Waals surface area contributed by atoms with Gasteiger partial charge in [-0.3, -0.25) is 14.4 Å². The summed E-state index contributed by atoms with van der Waals surface area (Å²) in [5.41, 5.74) is 6.51. The van der Waals surface area contributed by atoms with Crippen molar-refractivity contribution >= 4 is 5.78 Å². The Balaban J connectivity index is 1.75. The van der Waals surface area contributed by atoms with Gasteiger partial charge < -0.3 is 4.74 Å². The first kappa shape index (κ1) is 21.6. The van der Waals surface area contributed by atoms with Crippen molar-refractivity contribution in [3.63, 3.8) is 0 Å². The minimum absolute atomic E-state index is 0.0525. The second-order valence-corrected chi connectivity index (χ2v) is 8.77. The Morgan fingerprint density at radius 3 is 2.41 bits per heavy atom. The number of Topliss-reactive ketones (excluding diaryl/α,β-unsaturated/α-hetero) is 1. The zero-order valence-corrected chi connectivity index (χ0v) is 19.0. The molecular formula is C24H35N3O2. The Morgan fingerprint density at radius 2 is 1.86 bits per heavy atom. The Labute approximate surface area is 175 Å². The molecule has 1 fully saturated rings. The van der Waals surface area contributed by atoms with Crippen LogP contribution in [0.4, 0.5) is 0 Å². The number of methoxy groups -OCH3 is 1. The molecule has 0 amide bonds. The average molecular weight is 398 g/mol. The van der Waals surface area contributed by atoms with Crippen LogP contribution in [0.1, 0.15) is 71.2 Å². The number of nitrogens with zero attached hydrogens (tertiary/aromatic N) is 3. The van der Waals surface area contributed by atoms with Crippen molar-refractivity contribution in [3.8, 4) is 5.75 Å². The molecule has 158 valence electrons. The molecule has 0 N–H and O–H groups in total. The Hall–Kier alpha value is -2.14. The van der Waals surface area contributed by atoms with Gasteiger partial charge in [0.1, 0.15) is 5.75 Å². The van der Waals surface area contributed by atoms with Gasteiger partial charge in [-0.1, -0.05) is 0 Å². The molecule has 1 aromatic carbocycles. The highest BCUT2D eigenvalue weighted by molar-refractivity contribution is 5.98. The number of likely N-dealkylation sites (tertiary alicyclic amines) is 1. The minimum atomic E-state index is 0.0525. The largest absolute Gasteiger partial charge is 0.496 e. The van der Waals surface area contributed by atoms with Gasteiger partial charge in [-0.25, -0.2) is 0 Å². The summed E-state index contributed by atoms with van der Waals surface area (Å²) in [5, 5.41) is 4.72. The van der Waals surface area contributed by atoms with Gasteiger partial charge in [-0.2, -0.15) is 5.10 Å². The van der Waals surface area contributed by atoms with Gasteiger partial charge in [0.15, 0.2) is 5.78 Å². The molecule has 2 aromatic rings. The third kappa shape index (κ3) is 4.40. The summed E-state index contributed by atoms with van der Waals surface area (Å²) in [7, 11) is 1.68. The molecule has 0 unspecified atom stereocenters. The van der Waals surface area contributed by atoms with Crippen LogP contribution >= 0.6 is 0 Å². The number of hydrogen-bond donors (Lipinski definition) is 0. The smallest absolute Gasteiger partial charge is 0.167 e. The molecule has 0 bridgehead atoms. The number of ketones is 1. The van der Waals surface area contributed by atoms with Crippen molar-refractivity contribution in [3.05, 3.63) is 45.8 Å². The molecule has 3 rings (SSSR count). The first-order valence-corrected chi connectivity index (χ1v) is 10.7. The van der Waals surface area contributed by atoms with Crippen LogP contribution < -0.4 is 4.74 Å². The summed E-state index contributed by atoms with van der Waals surface area (Å²) >= 11 is 0.